The molecule has 0 saturated carbocycles. The number of hydrogen-bond donors (Lipinski definition) is 1. The maximum absolute atomic E-state index is 12.7. The van der Waals surface area contributed by atoms with E-state index >= 15 is 0 Å². The fraction of sp³-hybridized carbons (Fsp3) is 0.261. The van der Waals surface area contributed by atoms with E-state index in [1.54, 1.807) is 6.07 Å². The largest absolute Gasteiger partial charge is 0.489 e. The number of rotatable bonds is 7. The Morgan fingerprint density at radius 3 is 2.69 bits per heavy atom. The maximum atomic E-state index is 12.7. The number of furan rings is 1. The van der Waals surface area contributed by atoms with Gasteiger partial charge in [-0.2, -0.15) is 0 Å². The topological polar surface area (TPSA) is 63.9 Å². The predicted octanol–water partition coefficient (Wildman–Crippen LogP) is 3.94. The van der Waals surface area contributed by atoms with Crippen LogP contribution in [0.5, 0.6) is 5.75 Å². The van der Waals surface area contributed by atoms with E-state index in [9.17, 15) is 4.79 Å². The van der Waals surface area contributed by atoms with Crippen molar-refractivity contribution in [3.8, 4) is 5.75 Å². The lowest BCUT2D eigenvalue weighted by molar-refractivity contribution is 0.0342. The van der Waals surface area contributed by atoms with Crippen molar-refractivity contribution in [2.45, 2.75) is 13.2 Å². The van der Waals surface area contributed by atoms with Crippen LogP contribution in [0.15, 0.2) is 71.3 Å². The molecule has 1 aliphatic rings. The highest BCUT2D eigenvalue weighted by Crippen LogP contribution is 2.19. The monoisotopic (exact) mass is 392 g/mol. The van der Waals surface area contributed by atoms with Crippen LogP contribution in [0.1, 0.15) is 21.7 Å². The third kappa shape index (κ3) is 5.25. The minimum Gasteiger partial charge on any atom is -0.489 e. The normalized spacial score (nSPS) is 14.5. The van der Waals surface area contributed by atoms with E-state index in [2.05, 4.69) is 16.3 Å². The number of amides is 1. The van der Waals surface area contributed by atoms with Crippen LogP contribution in [-0.2, 0) is 17.9 Å². The second-order valence-corrected chi connectivity index (χ2v) is 6.92. The fourth-order valence-electron chi connectivity index (χ4n) is 3.28. The minimum atomic E-state index is -0.287. The van der Waals surface area contributed by atoms with Crippen molar-refractivity contribution in [3.63, 3.8) is 0 Å². The molecular formula is C23H24N2O4. The first-order chi connectivity index (χ1) is 14.3. The zero-order valence-electron chi connectivity index (χ0n) is 16.2. The molecule has 3 aromatic rings. The second kappa shape index (κ2) is 9.41. The molecule has 2 aromatic carbocycles. The highest BCUT2D eigenvalue weighted by Gasteiger charge is 2.17. The van der Waals surface area contributed by atoms with E-state index < -0.39 is 0 Å². The number of para-hydroxylation sites is 1. The van der Waals surface area contributed by atoms with Crippen LogP contribution in [-0.4, -0.2) is 37.1 Å². The molecule has 1 N–H and O–H groups in total. The van der Waals surface area contributed by atoms with Gasteiger partial charge in [-0.1, -0.05) is 30.3 Å². The Labute approximate surface area is 170 Å². The standard InChI is InChI=1S/C23H24N2O4/c26-23(22-19(9-12-28-22)17-29-21-7-2-1-3-8-21)24-20-6-4-5-18(15-20)16-25-10-13-27-14-11-25/h1-9,12,15H,10-11,13-14,16-17H2,(H,24,26). The SMILES string of the molecule is O=C(Nc1cccc(CN2CCOCC2)c1)c1occc1COc1ccccc1. The lowest BCUT2D eigenvalue weighted by Gasteiger charge is -2.26. The van der Waals surface area contributed by atoms with Gasteiger partial charge in [0, 0.05) is 30.9 Å². The minimum absolute atomic E-state index is 0.263. The first-order valence-electron chi connectivity index (χ1n) is 9.72. The van der Waals surface area contributed by atoms with Gasteiger partial charge in [0.25, 0.3) is 5.91 Å². The average molecular weight is 392 g/mol. The Balaban J connectivity index is 1.38. The lowest BCUT2D eigenvalue weighted by atomic mass is 10.1. The summed E-state index contributed by atoms with van der Waals surface area (Å²) >= 11 is 0. The zero-order chi connectivity index (χ0) is 19.9. The van der Waals surface area contributed by atoms with E-state index in [-0.39, 0.29) is 18.3 Å². The molecular weight excluding hydrogens is 368 g/mol. The fourth-order valence-corrected chi connectivity index (χ4v) is 3.28. The van der Waals surface area contributed by atoms with Gasteiger partial charge >= 0.3 is 0 Å². The van der Waals surface area contributed by atoms with Gasteiger partial charge in [0.2, 0.25) is 0 Å². The van der Waals surface area contributed by atoms with Gasteiger partial charge in [-0.25, -0.2) is 0 Å². The summed E-state index contributed by atoms with van der Waals surface area (Å²) in [5.41, 5.74) is 2.60. The quantitative estimate of drug-likeness (QED) is 0.660. The summed E-state index contributed by atoms with van der Waals surface area (Å²) in [5.74, 6) is 0.723. The van der Waals surface area contributed by atoms with Crippen molar-refractivity contribution >= 4 is 11.6 Å². The molecule has 0 aliphatic carbocycles. The van der Waals surface area contributed by atoms with Crippen molar-refractivity contribution in [1.29, 1.82) is 0 Å². The van der Waals surface area contributed by atoms with Gasteiger partial charge in [-0.05, 0) is 35.9 Å². The van der Waals surface area contributed by atoms with Crippen LogP contribution in [0.2, 0.25) is 0 Å². The molecule has 1 aromatic heterocycles. The number of carbonyl (C=O) groups is 1. The Bertz CT molecular complexity index is 933. The summed E-state index contributed by atoms with van der Waals surface area (Å²) < 4.78 is 16.6. The van der Waals surface area contributed by atoms with Gasteiger partial charge in [-0.15, -0.1) is 0 Å². The molecule has 150 valence electrons. The Hall–Kier alpha value is -3.09. The van der Waals surface area contributed by atoms with Crippen LogP contribution in [0, 0.1) is 0 Å². The summed E-state index contributed by atoms with van der Waals surface area (Å²) in [6.07, 6.45) is 1.51. The van der Waals surface area contributed by atoms with Gasteiger partial charge in [0.1, 0.15) is 12.4 Å². The van der Waals surface area contributed by atoms with Gasteiger partial charge in [-0.3, -0.25) is 9.69 Å². The predicted molar refractivity (Wildman–Crippen MR) is 110 cm³/mol. The van der Waals surface area contributed by atoms with Crippen LogP contribution in [0.25, 0.3) is 0 Å². The Morgan fingerprint density at radius 2 is 1.86 bits per heavy atom. The number of anilines is 1. The van der Waals surface area contributed by atoms with Crippen LogP contribution < -0.4 is 10.1 Å². The number of benzene rings is 2. The molecule has 1 saturated heterocycles. The number of nitrogens with one attached hydrogen (secondary N) is 1. The Morgan fingerprint density at radius 1 is 1.03 bits per heavy atom. The molecule has 2 heterocycles. The molecule has 0 radical (unpaired) electrons. The number of nitrogens with zero attached hydrogens (tertiary/aromatic N) is 1. The van der Waals surface area contributed by atoms with Crippen molar-refractivity contribution in [3.05, 3.63) is 83.8 Å². The van der Waals surface area contributed by atoms with Crippen LogP contribution >= 0.6 is 0 Å². The van der Waals surface area contributed by atoms with E-state index in [0.717, 1.165) is 49.8 Å². The smallest absolute Gasteiger partial charge is 0.291 e. The average Bonchev–Trinajstić information content (AvgIpc) is 3.23. The molecule has 4 rings (SSSR count). The highest BCUT2D eigenvalue weighted by molar-refractivity contribution is 6.03. The van der Waals surface area contributed by atoms with Crippen molar-refractivity contribution in [2.24, 2.45) is 0 Å². The summed E-state index contributed by atoms with van der Waals surface area (Å²) in [7, 11) is 0. The zero-order valence-corrected chi connectivity index (χ0v) is 16.2. The van der Waals surface area contributed by atoms with Gasteiger partial charge < -0.3 is 19.2 Å². The van der Waals surface area contributed by atoms with E-state index in [1.165, 1.54) is 6.26 Å². The number of hydrogen-bond acceptors (Lipinski definition) is 5. The van der Waals surface area contributed by atoms with E-state index in [0.29, 0.717) is 5.56 Å². The van der Waals surface area contributed by atoms with Crippen molar-refractivity contribution < 1.29 is 18.7 Å². The Kier molecular flexibility index (Phi) is 6.24. The molecule has 0 unspecified atom stereocenters. The third-order valence-electron chi connectivity index (χ3n) is 4.79. The first kappa shape index (κ1) is 19.2. The van der Waals surface area contributed by atoms with Gasteiger partial charge in [0.15, 0.2) is 5.76 Å². The van der Waals surface area contributed by atoms with Crippen molar-refractivity contribution in [1.82, 2.24) is 4.90 Å². The maximum Gasteiger partial charge on any atom is 0.291 e. The molecule has 0 atom stereocenters. The van der Waals surface area contributed by atoms with Crippen molar-refractivity contribution in [2.75, 3.05) is 31.6 Å². The van der Waals surface area contributed by atoms with E-state index in [4.69, 9.17) is 13.9 Å². The summed E-state index contributed by atoms with van der Waals surface area (Å²) in [5, 5.41) is 2.93. The lowest BCUT2D eigenvalue weighted by Crippen LogP contribution is -2.35. The molecule has 1 fully saturated rings. The van der Waals surface area contributed by atoms with Crippen LogP contribution in [0.3, 0.4) is 0 Å². The second-order valence-electron chi connectivity index (χ2n) is 6.92. The first-order valence-corrected chi connectivity index (χ1v) is 9.72. The third-order valence-corrected chi connectivity index (χ3v) is 4.79. The summed E-state index contributed by atoms with van der Waals surface area (Å²) in [4.78, 5) is 15.1. The molecule has 0 bridgehead atoms. The number of morpholine rings is 1. The van der Waals surface area contributed by atoms with Gasteiger partial charge in [0.05, 0.1) is 19.5 Å². The number of carbonyl (C=O) groups excluding carboxylic acids is 1. The molecule has 1 amide bonds. The molecule has 6 heteroatoms. The molecule has 6 nitrogen and oxygen atoms in total. The summed E-state index contributed by atoms with van der Waals surface area (Å²) in [6.45, 7) is 4.48. The van der Waals surface area contributed by atoms with Crippen LogP contribution in [0.4, 0.5) is 5.69 Å². The summed E-state index contributed by atoms with van der Waals surface area (Å²) in [6, 6.07) is 19.1. The highest BCUT2D eigenvalue weighted by atomic mass is 16.5. The van der Waals surface area contributed by atoms with E-state index in [1.807, 2.05) is 48.5 Å². The molecule has 1 aliphatic heterocycles. The molecule has 29 heavy (non-hydrogen) atoms. The molecule has 0 spiro atoms. The number of ether oxygens (including phenoxy) is 2.